The van der Waals surface area contributed by atoms with E-state index < -0.39 is 29.0 Å². The first-order valence-electron chi connectivity index (χ1n) is 23.7. The van der Waals surface area contributed by atoms with Gasteiger partial charge in [0, 0.05) is 72.9 Å². The van der Waals surface area contributed by atoms with Crippen molar-refractivity contribution in [1.29, 1.82) is 0 Å². The number of hydrogen-bond donors (Lipinski definition) is 2. The Morgan fingerprint density at radius 1 is 1.05 bits per heavy atom. The van der Waals surface area contributed by atoms with Crippen LogP contribution in [-0.2, 0) is 19.1 Å². The van der Waals surface area contributed by atoms with Crippen molar-refractivity contribution in [3.63, 3.8) is 0 Å². The third-order valence-corrected chi connectivity index (χ3v) is 14.0. The minimum absolute atomic E-state index is 0.0334. The standard InChI is InChI=1S/C52H65N3O10S/c1-3-27-54(48(58)26-21-37-19-22-39(23-20-37)55(59)60)47-36-45(53-65-49-18-10-13-31-62-49)43-34-38(14-8-11-28-56)42(17-9-12-29-57)50-44-35-40(61-32-33-66-41-15-6-5-7-16-41)24-25-46(44)64-52(47,51(43)50)63-30-4-2/h4-7,15-16,19-26,34-35,38,42,47,49-51,56-57H,2-3,8-14,17-18,27-33,36H2,1H3. The molecular weight excluding hydrogens is 859 g/mol. The molecule has 4 aliphatic rings. The number of amides is 1. The SMILES string of the molecule is C=CCOC12Oc3ccc(OCCSc4ccccc4)cc3C3C(CCCCO)C(CCCCO)C=C(C(=NOC4CCCCO4)CC1N(CCC)C(=O)C=Cc1ccc([N+](=O)[O-])cc1)C32. The van der Waals surface area contributed by atoms with Crippen LogP contribution < -0.4 is 9.47 Å². The van der Waals surface area contributed by atoms with Crippen molar-refractivity contribution in [3.05, 3.63) is 124 Å². The molecule has 2 N–H and O–H groups in total. The average molecular weight is 924 g/mol. The van der Waals surface area contributed by atoms with E-state index in [1.54, 1.807) is 36.0 Å². The Morgan fingerprint density at radius 3 is 2.55 bits per heavy atom. The van der Waals surface area contributed by atoms with Crippen molar-refractivity contribution in [2.24, 2.45) is 22.9 Å². The van der Waals surface area contributed by atoms with Crippen LogP contribution >= 0.6 is 11.8 Å². The summed E-state index contributed by atoms with van der Waals surface area (Å²) in [5.74, 6) is -0.0862. The van der Waals surface area contributed by atoms with E-state index in [1.165, 1.54) is 23.1 Å². The molecule has 1 saturated carbocycles. The molecule has 0 spiro atoms. The number of non-ortho nitro benzene ring substituents is 1. The lowest BCUT2D eigenvalue weighted by Crippen LogP contribution is -2.70. The fraction of sp³-hybridized carbons (Fsp3) is 0.500. The van der Waals surface area contributed by atoms with Crippen LogP contribution in [0.25, 0.3) is 6.08 Å². The lowest BCUT2D eigenvalue weighted by atomic mass is 9.55. The molecule has 66 heavy (non-hydrogen) atoms. The van der Waals surface area contributed by atoms with Gasteiger partial charge < -0.3 is 38.9 Å². The van der Waals surface area contributed by atoms with E-state index in [4.69, 9.17) is 28.9 Å². The monoisotopic (exact) mass is 923 g/mol. The number of aliphatic hydroxyl groups excluding tert-OH is 2. The molecule has 7 atom stereocenters. The minimum atomic E-state index is -1.41. The summed E-state index contributed by atoms with van der Waals surface area (Å²) in [6, 6.07) is 21.7. The largest absolute Gasteiger partial charge is 0.493 e. The van der Waals surface area contributed by atoms with Crippen molar-refractivity contribution >= 4 is 35.1 Å². The number of allylic oxidation sites excluding steroid dienone is 1. The Balaban J connectivity index is 1.36. The summed E-state index contributed by atoms with van der Waals surface area (Å²) in [7, 11) is 0. The lowest BCUT2D eigenvalue weighted by molar-refractivity contribution is -0.384. The zero-order valence-corrected chi connectivity index (χ0v) is 38.9. The molecule has 0 bridgehead atoms. The van der Waals surface area contributed by atoms with E-state index in [-0.39, 0.29) is 55.6 Å². The number of rotatable bonds is 24. The number of oxime groups is 1. The van der Waals surface area contributed by atoms with Crippen LogP contribution in [0.1, 0.15) is 94.6 Å². The molecule has 2 fully saturated rings. The van der Waals surface area contributed by atoms with E-state index in [1.807, 2.05) is 42.2 Å². The highest BCUT2D eigenvalue weighted by Crippen LogP contribution is 2.62. The Bertz CT molecular complexity index is 2160. The summed E-state index contributed by atoms with van der Waals surface area (Å²) in [6.45, 7) is 7.87. The fourth-order valence-electron chi connectivity index (χ4n) is 10.1. The van der Waals surface area contributed by atoms with Crippen molar-refractivity contribution in [2.45, 2.75) is 106 Å². The third-order valence-electron chi connectivity index (χ3n) is 13.1. The van der Waals surface area contributed by atoms with Gasteiger partial charge in [-0.2, -0.15) is 0 Å². The Morgan fingerprint density at radius 2 is 1.83 bits per heavy atom. The van der Waals surface area contributed by atoms with Gasteiger partial charge in [0.05, 0.1) is 36.4 Å². The molecule has 2 aliphatic carbocycles. The molecule has 7 rings (SSSR count). The van der Waals surface area contributed by atoms with Crippen LogP contribution in [0.2, 0.25) is 0 Å². The number of thioether (sulfide) groups is 1. The maximum Gasteiger partial charge on any atom is 0.269 e. The third kappa shape index (κ3) is 11.7. The summed E-state index contributed by atoms with van der Waals surface area (Å²) < 4.78 is 27.0. The molecular formula is C52H65N3O10S. The number of carbonyl (C=O) groups is 1. The summed E-state index contributed by atoms with van der Waals surface area (Å²) in [5.41, 5.74) is 3.25. The highest BCUT2D eigenvalue weighted by molar-refractivity contribution is 7.99. The molecule has 3 aromatic rings. The van der Waals surface area contributed by atoms with E-state index in [0.29, 0.717) is 62.5 Å². The van der Waals surface area contributed by atoms with Gasteiger partial charge in [-0.3, -0.25) is 14.9 Å². The zero-order chi connectivity index (χ0) is 46.3. The van der Waals surface area contributed by atoms with Crippen molar-refractivity contribution in [3.8, 4) is 11.5 Å². The average Bonchev–Trinajstić information content (AvgIpc) is 3.34. The van der Waals surface area contributed by atoms with Gasteiger partial charge in [-0.25, -0.2) is 0 Å². The van der Waals surface area contributed by atoms with Gasteiger partial charge in [-0.15, -0.1) is 18.3 Å². The quantitative estimate of drug-likeness (QED) is 0.0220. The van der Waals surface area contributed by atoms with Crippen molar-refractivity contribution in [1.82, 2.24) is 4.90 Å². The number of nitro benzene ring substituents is 1. The van der Waals surface area contributed by atoms with Gasteiger partial charge in [-0.05, 0) is 116 Å². The number of benzene rings is 3. The van der Waals surface area contributed by atoms with Crippen LogP contribution in [0.3, 0.4) is 0 Å². The molecule has 2 aliphatic heterocycles. The molecule has 354 valence electrons. The molecule has 0 aromatic heterocycles. The van der Waals surface area contributed by atoms with Gasteiger partial charge in [0.15, 0.2) is 0 Å². The van der Waals surface area contributed by atoms with Crippen LogP contribution in [0.15, 0.2) is 113 Å². The molecule has 13 nitrogen and oxygen atoms in total. The highest BCUT2D eigenvalue weighted by atomic mass is 32.2. The Kier molecular flexibility index (Phi) is 17.9. The van der Waals surface area contributed by atoms with Crippen LogP contribution in [-0.4, -0.2) is 95.1 Å². The molecule has 0 radical (unpaired) electrons. The van der Waals surface area contributed by atoms with E-state index in [2.05, 4.69) is 30.9 Å². The van der Waals surface area contributed by atoms with Crippen LogP contribution in [0.4, 0.5) is 5.69 Å². The number of aliphatic hydroxyl groups is 2. The lowest BCUT2D eigenvalue weighted by Gasteiger charge is -2.60. The molecule has 1 saturated heterocycles. The topological polar surface area (TPSA) is 162 Å². The highest BCUT2D eigenvalue weighted by Gasteiger charge is 2.65. The Hall–Kier alpha value is -4.99. The first-order valence-corrected chi connectivity index (χ1v) is 24.7. The molecule has 1 amide bonds. The van der Waals surface area contributed by atoms with Crippen LogP contribution in [0, 0.1) is 27.9 Å². The van der Waals surface area contributed by atoms with E-state index in [0.717, 1.165) is 61.2 Å². The molecule has 2 heterocycles. The number of nitrogens with zero attached hydrogens (tertiary/aromatic N) is 3. The van der Waals surface area contributed by atoms with Crippen molar-refractivity contribution < 1.29 is 43.7 Å². The number of ether oxygens (including phenoxy) is 4. The summed E-state index contributed by atoms with van der Waals surface area (Å²) in [6.07, 6.45) is 14.9. The number of fused-ring (bicyclic) bond motifs is 2. The van der Waals surface area contributed by atoms with Gasteiger partial charge >= 0.3 is 0 Å². The zero-order valence-electron chi connectivity index (χ0n) is 38.0. The van der Waals surface area contributed by atoms with Gasteiger partial charge in [0.1, 0.15) is 17.5 Å². The number of hydrogen-bond acceptors (Lipinski definition) is 12. The molecule has 7 unspecified atom stereocenters. The van der Waals surface area contributed by atoms with Gasteiger partial charge in [0.25, 0.3) is 5.69 Å². The number of unbranched alkanes of at least 4 members (excludes halogenated alkanes) is 2. The van der Waals surface area contributed by atoms with Crippen molar-refractivity contribution in [2.75, 3.05) is 45.3 Å². The molecule has 3 aromatic carbocycles. The summed E-state index contributed by atoms with van der Waals surface area (Å²) >= 11 is 1.74. The second-order valence-corrected chi connectivity index (χ2v) is 18.6. The predicted molar refractivity (Wildman–Crippen MR) is 256 cm³/mol. The first kappa shape index (κ1) is 48.9. The van der Waals surface area contributed by atoms with E-state index in [9.17, 15) is 25.1 Å². The Labute approximate surface area is 393 Å². The second-order valence-electron chi connectivity index (χ2n) is 17.4. The summed E-state index contributed by atoms with van der Waals surface area (Å²) in [5, 5.41) is 36.3. The number of carbonyl (C=O) groups excluding carboxylic acids is 1. The minimum Gasteiger partial charge on any atom is -0.493 e. The van der Waals surface area contributed by atoms with Gasteiger partial charge in [0.2, 0.25) is 18.0 Å². The van der Waals surface area contributed by atoms with Crippen LogP contribution in [0.5, 0.6) is 11.5 Å². The maximum atomic E-state index is 14.8. The smallest absolute Gasteiger partial charge is 0.269 e. The summed E-state index contributed by atoms with van der Waals surface area (Å²) in [4.78, 5) is 35.0. The first-order chi connectivity index (χ1) is 32.3. The maximum absolute atomic E-state index is 14.8. The fourth-order valence-corrected chi connectivity index (χ4v) is 10.9. The predicted octanol–water partition coefficient (Wildman–Crippen LogP) is 9.88. The molecule has 14 heteroatoms. The second kappa shape index (κ2) is 24.2. The normalized spacial score (nSPS) is 25.0. The van der Waals surface area contributed by atoms with Gasteiger partial charge in [-0.1, -0.05) is 55.3 Å². The van der Waals surface area contributed by atoms with E-state index >= 15 is 0 Å². The number of nitro groups is 1.